The summed E-state index contributed by atoms with van der Waals surface area (Å²) < 4.78 is 6.17. The van der Waals surface area contributed by atoms with Gasteiger partial charge in [0, 0.05) is 10.9 Å². The van der Waals surface area contributed by atoms with Gasteiger partial charge in [0.2, 0.25) is 5.90 Å². The molecule has 0 saturated heterocycles. The third-order valence-corrected chi connectivity index (χ3v) is 4.21. The molecule has 1 aliphatic rings. The maximum Gasteiger partial charge on any atom is 0.217 e. The van der Waals surface area contributed by atoms with E-state index in [4.69, 9.17) is 4.74 Å². The third-order valence-electron chi connectivity index (χ3n) is 3.31. The van der Waals surface area contributed by atoms with Crippen LogP contribution in [0.25, 0.3) is 0 Å². The fraction of sp³-hybridized carbons (Fsp3) is 0.188. The molecule has 0 aromatic heterocycles. The quantitative estimate of drug-likeness (QED) is 0.790. The summed E-state index contributed by atoms with van der Waals surface area (Å²) in [5.74, 6) is 0.726. The maximum atomic E-state index is 6.17. The van der Waals surface area contributed by atoms with Crippen LogP contribution >= 0.6 is 15.9 Å². The number of aliphatic imine (C=N–C) groups is 1. The number of alkyl halides is 1. The average Bonchev–Trinajstić information content (AvgIpc) is 2.95. The Bertz CT molecular complexity index is 582. The molecule has 0 N–H and O–H groups in total. The fourth-order valence-corrected chi connectivity index (χ4v) is 2.83. The van der Waals surface area contributed by atoms with Crippen molar-refractivity contribution < 1.29 is 4.74 Å². The van der Waals surface area contributed by atoms with Crippen molar-refractivity contribution in [3.05, 3.63) is 71.8 Å². The smallest absolute Gasteiger partial charge is 0.217 e. The van der Waals surface area contributed by atoms with E-state index in [0.717, 1.165) is 22.4 Å². The molecule has 0 radical (unpaired) electrons. The number of hydrogen-bond acceptors (Lipinski definition) is 2. The minimum Gasteiger partial charge on any atom is -0.463 e. The van der Waals surface area contributed by atoms with Crippen molar-refractivity contribution in [3.8, 4) is 0 Å². The summed E-state index contributed by atoms with van der Waals surface area (Å²) in [6.45, 7) is 0.645. The van der Waals surface area contributed by atoms with Crippen LogP contribution in [-0.2, 0) is 10.3 Å². The molecule has 2 nitrogen and oxygen atoms in total. The zero-order valence-corrected chi connectivity index (χ0v) is 12.0. The van der Waals surface area contributed by atoms with E-state index < -0.39 is 0 Å². The monoisotopic (exact) mass is 315 g/mol. The van der Waals surface area contributed by atoms with Crippen LogP contribution in [0.2, 0.25) is 0 Å². The Kier molecular flexibility index (Phi) is 3.38. The summed E-state index contributed by atoms with van der Waals surface area (Å²) in [6, 6.07) is 20.3. The van der Waals surface area contributed by atoms with Crippen LogP contribution in [0.5, 0.6) is 0 Å². The Morgan fingerprint density at radius 1 is 1.00 bits per heavy atom. The number of benzene rings is 2. The predicted octanol–water partition coefficient (Wildman–Crippen LogP) is 3.75. The van der Waals surface area contributed by atoms with Crippen molar-refractivity contribution >= 4 is 21.8 Å². The van der Waals surface area contributed by atoms with Gasteiger partial charge in [-0.2, -0.15) is 0 Å². The second-order valence-electron chi connectivity index (χ2n) is 4.58. The fourth-order valence-electron chi connectivity index (χ4n) is 2.22. The lowest BCUT2D eigenvalue weighted by atomic mass is 9.96. The van der Waals surface area contributed by atoms with Crippen LogP contribution in [0.15, 0.2) is 65.7 Å². The largest absolute Gasteiger partial charge is 0.463 e. The van der Waals surface area contributed by atoms with Gasteiger partial charge in [0.25, 0.3) is 0 Å². The van der Waals surface area contributed by atoms with E-state index in [0.29, 0.717) is 6.54 Å². The molecular weight excluding hydrogens is 302 g/mol. The molecule has 1 heterocycles. The Balaban J connectivity index is 1.90. The van der Waals surface area contributed by atoms with Crippen molar-refractivity contribution in [1.82, 2.24) is 0 Å². The molecule has 1 unspecified atom stereocenters. The minimum absolute atomic E-state index is 0.383. The first kappa shape index (κ1) is 12.4. The number of ether oxygens (including phenoxy) is 1. The first-order chi connectivity index (χ1) is 9.34. The highest BCUT2D eigenvalue weighted by Gasteiger charge is 2.39. The molecule has 0 fully saturated rings. The molecule has 0 aliphatic carbocycles. The highest BCUT2D eigenvalue weighted by molar-refractivity contribution is 9.09. The number of halogens is 1. The first-order valence-electron chi connectivity index (χ1n) is 6.24. The molecule has 96 valence electrons. The molecule has 0 saturated carbocycles. The Morgan fingerprint density at radius 2 is 1.63 bits per heavy atom. The van der Waals surface area contributed by atoms with Gasteiger partial charge in [-0.25, -0.2) is 4.99 Å². The second kappa shape index (κ2) is 5.17. The summed E-state index contributed by atoms with van der Waals surface area (Å²) >= 11 is 3.57. The predicted molar refractivity (Wildman–Crippen MR) is 80.8 cm³/mol. The standard InChI is InChI=1S/C16H14BrNO/c17-11-16(14-9-5-2-6-10-14)12-18-15(19-16)13-7-3-1-4-8-13/h1-10H,11-12H2. The summed E-state index contributed by atoms with van der Waals surface area (Å²) in [7, 11) is 0. The van der Waals surface area contributed by atoms with E-state index in [1.807, 2.05) is 48.5 Å². The summed E-state index contributed by atoms with van der Waals surface area (Å²) in [4.78, 5) is 4.57. The van der Waals surface area contributed by atoms with E-state index in [9.17, 15) is 0 Å². The number of rotatable bonds is 3. The van der Waals surface area contributed by atoms with Crippen molar-refractivity contribution in [1.29, 1.82) is 0 Å². The van der Waals surface area contributed by atoms with Gasteiger partial charge in [0.15, 0.2) is 5.60 Å². The van der Waals surface area contributed by atoms with Gasteiger partial charge >= 0.3 is 0 Å². The van der Waals surface area contributed by atoms with E-state index in [-0.39, 0.29) is 5.60 Å². The second-order valence-corrected chi connectivity index (χ2v) is 5.14. The zero-order chi connectivity index (χ0) is 13.1. The highest BCUT2D eigenvalue weighted by Crippen LogP contribution is 2.34. The number of hydrogen-bond donors (Lipinski definition) is 0. The van der Waals surface area contributed by atoms with Crippen LogP contribution < -0.4 is 0 Å². The molecule has 0 amide bonds. The normalized spacial score (nSPS) is 21.8. The molecule has 2 aromatic rings. The Labute approximate surface area is 121 Å². The van der Waals surface area contributed by atoms with Gasteiger partial charge < -0.3 is 4.74 Å². The minimum atomic E-state index is -0.383. The molecule has 19 heavy (non-hydrogen) atoms. The molecule has 3 rings (SSSR count). The third kappa shape index (κ3) is 2.30. The van der Waals surface area contributed by atoms with Gasteiger partial charge in [-0.1, -0.05) is 64.5 Å². The summed E-state index contributed by atoms with van der Waals surface area (Å²) in [5, 5.41) is 0.726. The summed E-state index contributed by atoms with van der Waals surface area (Å²) in [5.41, 5.74) is 1.80. The van der Waals surface area contributed by atoms with Crippen LogP contribution in [0.1, 0.15) is 11.1 Å². The summed E-state index contributed by atoms with van der Waals surface area (Å²) in [6.07, 6.45) is 0. The van der Waals surface area contributed by atoms with Crippen LogP contribution in [-0.4, -0.2) is 17.8 Å². The lowest BCUT2D eigenvalue weighted by Gasteiger charge is -2.26. The first-order valence-corrected chi connectivity index (χ1v) is 7.37. The lowest BCUT2D eigenvalue weighted by Crippen LogP contribution is -2.32. The molecular formula is C16H14BrNO. The van der Waals surface area contributed by atoms with E-state index in [1.165, 1.54) is 0 Å². The van der Waals surface area contributed by atoms with Crippen LogP contribution in [0.4, 0.5) is 0 Å². The van der Waals surface area contributed by atoms with Crippen LogP contribution in [0.3, 0.4) is 0 Å². The molecule has 3 heteroatoms. The molecule has 2 aromatic carbocycles. The average molecular weight is 316 g/mol. The van der Waals surface area contributed by atoms with E-state index in [1.54, 1.807) is 0 Å². The van der Waals surface area contributed by atoms with Crippen molar-refractivity contribution in [2.45, 2.75) is 5.60 Å². The Hall–Kier alpha value is -1.61. The van der Waals surface area contributed by atoms with Gasteiger partial charge in [-0.15, -0.1) is 0 Å². The van der Waals surface area contributed by atoms with Gasteiger partial charge in [0.05, 0.1) is 6.54 Å². The molecule has 1 atom stereocenters. The SMILES string of the molecule is BrCC1(c2ccccc2)CN=C(c2ccccc2)O1. The maximum absolute atomic E-state index is 6.17. The number of nitrogens with zero attached hydrogens (tertiary/aromatic N) is 1. The Morgan fingerprint density at radius 3 is 2.26 bits per heavy atom. The zero-order valence-electron chi connectivity index (χ0n) is 10.4. The molecule has 1 aliphatic heterocycles. The van der Waals surface area contributed by atoms with Gasteiger partial charge in [0.1, 0.15) is 0 Å². The lowest BCUT2D eigenvalue weighted by molar-refractivity contribution is 0.115. The van der Waals surface area contributed by atoms with Crippen molar-refractivity contribution in [2.24, 2.45) is 4.99 Å². The topological polar surface area (TPSA) is 21.6 Å². The highest BCUT2D eigenvalue weighted by atomic mass is 79.9. The van der Waals surface area contributed by atoms with Gasteiger partial charge in [-0.3, -0.25) is 0 Å². The van der Waals surface area contributed by atoms with E-state index >= 15 is 0 Å². The van der Waals surface area contributed by atoms with Crippen LogP contribution in [0, 0.1) is 0 Å². The molecule has 0 bridgehead atoms. The van der Waals surface area contributed by atoms with Crippen molar-refractivity contribution in [3.63, 3.8) is 0 Å². The van der Waals surface area contributed by atoms with E-state index in [2.05, 4.69) is 33.1 Å². The van der Waals surface area contributed by atoms with Crippen molar-refractivity contribution in [2.75, 3.05) is 11.9 Å². The van der Waals surface area contributed by atoms with Gasteiger partial charge in [-0.05, 0) is 17.7 Å². The molecule has 0 spiro atoms.